The van der Waals surface area contributed by atoms with Gasteiger partial charge in [0.05, 0.1) is 60.0 Å². The van der Waals surface area contributed by atoms with Gasteiger partial charge in [0.2, 0.25) is 45.6 Å². The highest BCUT2D eigenvalue weighted by molar-refractivity contribution is 6.25. The summed E-state index contributed by atoms with van der Waals surface area (Å²) in [4.78, 5) is 19.0. The van der Waals surface area contributed by atoms with E-state index in [1.807, 2.05) is 167 Å². The fourth-order valence-corrected chi connectivity index (χ4v) is 20.0. The summed E-state index contributed by atoms with van der Waals surface area (Å²) in [6, 6.07) is 77.8. The fraction of sp³-hybridized carbons (Fsp3) is 0.193. The van der Waals surface area contributed by atoms with Crippen molar-refractivity contribution in [2.45, 2.75) is 128 Å². The highest BCUT2D eigenvalue weighted by Crippen LogP contribution is 2.49. The third-order valence-electron chi connectivity index (χ3n) is 27.2. The molecule has 0 aliphatic rings. The zero-order valence-corrected chi connectivity index (χ0v) is 76.6. The Bertz CT molecular complexity index is 9480. The van der Waals surface area contributed by atoms with Gasteiger partial charge in [-0.3, -0.25) is 0 Å². The Hall–Kier alpha value is -14.9. The van der Waals surface area contributed by atoms with Crippen LogP contribution in [0.5, 0.6) is 0 Å². The lowest BCUT2D eigenvalue weighted by Gasteiger charge is -2.12. The normalized spacial score (nSPS) is 14.1. The molecule has 12 nitrogen and oxygen atoms in total. The number of aryl methyl sites for hydroxylation is 11. The van der Waals surface area contributed by atoms with Gasteiger partial charge in [0, 0.05) is 111 Å². The van der Waals surface area contributed by atoms with Gasteiger partial charge in [-0.25, -0.2) is 38.2 Å². The van der Waals surface area contributed by atoms with Crippen LogP contribution in [0, 0.1) is 69.1 Å². The molecule has 0 aliphatic heterocycles. The molecule has 1 unspecified atom stereocenters. The van der Waals surface area contributed by atoms with Gasteiger partial charge in [-0.2, -0.15) is 0 Å². The quantitative estimate of drug-likeness (QED) is 0.145. The van der Waals surface area contributed by atoms with Crippen LogP contribution in [0.4, 0.5) is 0 Å². The molecule has 24 aromatic rings. The van der Waals surface area contributed by atoms with E-state index in [2.05, 4.69) is 197 Å². The molecule has 12 heteroatoms. The summed E-state index contributed by atoms with van der Waals surface area (Å²) < 4.78 is 125. The minimum Gasteiger partial charge on any atom is -0.437 e. The number of pyridine rings is 8. The Labute approximate surface area is 776 Å². The van der Waals surface area contributed by atoms with Gasteiger partial charge in [-0.1, -0.05) is 205 Å². The first kappa shape index (κ1) is 71.1. The van der Waals surface area contributed by atoms with Gasteiger partial charge in [-0.15, -0.1) is 0 Å². The van der Waals surface area contributed by atoms with Crippen molar-refractivity contribution in [2.24, 2.45) is 28.2 Å². The average molecular weight is 1720 g/mol. The number of nitrogens with zero attached hydrogens (tertiary/aromatic N) is 8. The second-order valence-electron chi connectivity index (χ2n) is 36.0. The smallest absolute Gasteiger partial charge is 0.228 e. The van der Waals surface area contributed by atoms with Crippen molar-refractivity contribution in [2.75, 3.05) is 0 Å². The third-order valence-corrected chi connectivity index (χ3v) is 27.2. The van der Waals surface area contributed by atoms with Crippen LogP contribution in [0.1, 0.15) is 147 Å². The molecule has 0 radical (unpaired) electrons. The minimum atomic E-state index is -2.51. The van der Waals surface area contributed by atoms with E-state index in [0.29, 0.717) is 73.1 Å². The number of hydrogen-bond donors (Lipinski definition) is 0. The molecule has 12 aromatic heterocycles. The van der Waals surface area contributed by atoms with Crippen molar-refractivity contribution >= 4 is 174 Å². The summed E-state index contributed by atoms with van der Waals surface area (Å²) in [5, 5.41) is 24.4. The molecule has 0 bridgehead atoms. The number of aromatic nitrogens is 8. The average Bonchev–Trinajstić information content (AvgIpc) is 1.49. The van der Waals surface area contributed by atoms with E-state index in [0.717, 1.165) is 154 Å². The Morgan fingerprint density at radius 1 is 0.298 bits per heavy atom. The van der Waals surface area contributed by atoms with E-state index in [1.165, 1.54) is 72.6 Å². The molecule has 0 fully saturated rings. The van der Waals surface area contributed by atoms with Crippen LogP contribution in [0.25, 0.3) is 219 Å². The number of furan rings is 4. The second kappa shape index (κ2) is 32.1. The highest BCUT2D eigenvalue weighted by Gasteiger charge is 2.32. The molecule has 0 spiro atoms. The van der Waals surface area contributed by atoms with E-state index in [9.17, 15) is 0 Å². The van der Waals surface area contributed by atoms with Crippen molar-refractivity contribution < 1.29 is 51.0 Å². The lowest BCUT2D eigenvalue weighted by molar-refractivity contribution is -0.659. The van der Waals surface area contributed by atoms with Crippen LogP contribution in [-0.4, -0.2) is 19.9 Å². The zero-order chi connectivity index (χ0) is 100. The Balaban J connectivity index is 0.000000113. The van der Waals surface area contributed by atoms with Gasteiger partial charge >= 0.3 is 0 Å². The van der Waals surface area contributed by atoms with E-state index >= 15 is 0 Å². The van der Waals surface area contributed by atoms with Crippen molar-refractivity contribution in [3.05, 3.63) is 334 Å². The molecule has 12 heterocycles. The van der Waals surface area contributed by atoms with E-state index < -0.39 is 32.3 Å². The molecule has 0 saturated carbocycles. The number of rotatable bonds is 7. The monoisotopic (exact) mass is 1720 g/mol. The van der Waals surface area contributed by atoms with E-state index in [-0.39, 0.29) is 5.56 Å². The summed E-state index contributed by atoms with van der Waals surface area (Å²) in [7, 11) is 8.06. The number of fused-ring (bicyclic) bond motifs is 24. The van der Waals surface area contributed by atoms with Crippen LogP contribution in [0.15, 0.2) is 279 Å². The van der Waals surface area contributed by atoms with Gasteiger partial charge in [-0.05, 0) is 228 Å². The highest BCUT2D eigenvalue weighted by atomic mass is 16.4. The lowest BCUT2D eigenvalue weighted by Crippen LogP contribution is -2.31. The molecule has 0 N–H and O–H groups in total. The summed E-state index contributed by atoms with van der Waals surface area (Å²) >= 11 is 0. The van der Waals surface area contributed by atoms with E-state index in [1.54, 1.807) is 31.2 Å². The molecule has 1 atom stereocenters. The first-order chi connectivity index (χ1) is 67.5. The zero-order valence-electron chi connectivity index (χ0n) is 87.6. The van der Waals surface area contributed by atoms with Crippen LogP contribution in [0.3, 0.4) is 0 Å². The molecular formula is C119H106N8O4+4. The first-order valence-electron chi connectivity index (χ1n) is 50.1. The maximum Gasteiger partial charge on any atom is 0.228 e. The van der Waals surface area contributed by atoms with Gasteiger partial charge < -0.3 is 17.7 Å². The summed E-state index contributed by atoms with van der Waals surface area (Å²) in [6.07, 6.45) is 10.1. The molecule has 0 aliphatic carbocycles. The van der Waals surface area contributed by atoms with Crippen LogP contribution in [0.2, 0.25) is 0 Å². The summed E-state index contributed by atoms with van der Waals surface area (Å²) in [5.41, 5.74) is 23.6. The predicted octanol–water partition coefficient (Wildman–Crippen LogP) is 29.6. The standard InChI is InChI=1S/3C31H29N2O.C26H19N2O/c3*1-17(2)21-11-12-24-22(16-21)13-14-33(6)29(24)27-19(4)18(3)15-26-28-25-10-8-7-9-23(25)20(5)32-31(28)34-30(26)27;1-16-11-12-21-24-20-10-6-5-8-18(20)14-27-26(24)29-25(21)23(16)22-13-17-7-3-4-9-19(17)15-28(22)2/h3*7-17H,1-6H3;3-15H,1-2H3/q4*+1/i1D3,3D3,17D;3D3,17D;;. The fourth-order valence-electron chi connectivity index (χ4n) is 20.0. The van der Waals surface area contributed by atoms with Gasteiger partial charge in [0.1, 0.15) is 28.2 Å². The maximum absolute atomic E-state index is 8.59. The van der Waals surface area contributed by atoms with Crippen molar-refractivity contribution in [1.29, 1.82) is 0 Å². The lowest BCUT2D eigenvalue weighted by atomic mass is 9.92. The molecule has 0 amide bonds. The molecule has 12 aromatic carbocycles. The predicted molar refractivity (Wildman–Crippen MR) is 542 cm³/mol. The van der Waals surface area contributed by atoms with Gasteiger partial charge in [0.25, 0.3) is 0 Å². The number of benzene rings is 12. The largest absolute Gasteiger partial charge is 0.437 e. The van der Waals surface area contributed by atoms with Crippen molar-refractivity contribution in [1.82, 2.24) is 19.9 Å². The maximum atomic E-state index is 8.59. The van der Waals surface area contributed by atoms with Crippen molar-refractivity contribution in [3.8, 4) is 45.0 Å². The summed E-state index contributed by atoms with van der Waals surface area (Å²) in [5.74, 6) is -2.04. The van der Waals surface area contributed by atoms with Crippen LogP contribution < -0.4 is 18.3 Å². The van der Waals surface area contributed by atoms with Crippen molar-refractivity contribution in [3.63, 3.8) is 0 Å². The molecule has 131 heavy (non-hydrogen) atoms. The van der Waals surface area contributed by atoms with E-state index in [4.69, 9.17) is 47.7 Å². The topological polar surface area (TPSA) is 120 Å². The number of hydrogen-bond acceptors (Lipinski definition) is 8. The van der Waals surface area contributed by atoms with Crippen LogP contribution >= 0.6 is 0 Å². The molecule has 24 rings (SSSR count). The first-order valence-corrected chi connectivity index (χ1v) is 44.6. The molecular weight excluding hydrogens is 1610 g/mol. The molecule has 0 saturated heterocycles. The molecule has 642 valence electrons. The minimum absolute atomic E-state index is 0.224. The Morgan fingerprint density at radius 2 is 0.664 bits per heavy atom. The Kier molecular flexibility index (Phi) is 17.4. The summed E-state index contributed by atoms with van der Waals surface area (Å²) in [6.45, 7) is 18.6. The Morgan fingerprint density at radius 3 is 1.11 bits per heavy atom. The van der Waals surface area contributed by atoms with Crippen LogP contribution in [-0.2, 0) is 28.2 Å². The second-order valence-corrected chi connectivity index (χ2v) is 36.0. The SMILES string of the molecule is Cc1cc2c(oc3nc(C)c4ccccc4c32)c(-c2c3ccc(C(C)C)cc3cc[n+]2C)c1C.Cc1ccc2c(oc3ncc4ccccc4c32)c1-c1cc2ccccc2c[n+]1C.[2H]C([2H])([2H])c1cc2c(oc3nc(C)c4ccccc4c32)c(-c2c3ccc(C([2H])(C)C([2H])([2H])[2H])cc3cc[n+]2C)c1C.[2H]C([2H])([2H])c1cc2c(oc3nc(C)c4ccccc4c32)c(-c2c3ccc(C([2H])(C)C)cc3cc[n+]2C)c1C. The van der Waals surface area contributed by atoms with Gasteiger partial charge in [0.15, 0.2) is 47.1 Å². The third kappa shape index (κ3) is 13.7.